The highest BCUT2D eigenvalue weighted by Gasteiger charge is 2.09. The number of anilines is 1. The molecule has 1 aliphatic carbocycles. The zero-order valence-electron chi connectivity index (χ0n) is 12.8. The molecule has 2 N–H and O–H groups in total. The van der Waals surface area contributed by atoms with Crippen LogP contribution in [0.2, 0.25) is 0 Å². The molecule has 1 heterocycles. The minimum Gasteiger partial charge on any atom is -0.363 e. The number of aromatic nitrogens is 2. The third-order valence-corrected chi connectivity index (χ3v) is 3.87. The summed E-state index contributed by atoms with van der Waals surface area (Å²) < 4.78 is 0. The van der Waals surface area contributed by atoms with Crippen LogP contribution in [0.3, 0.4) is 0 Å². The van der Waals surface area contributed by atoms with Crippen molar-refractivity contribution in [3.05, 3.63) is 69.1 Å². The van der Waals surface area contributed by atoms with E-state index in [1.165, 1.54) is 0 Å². The van der Waals surface area contributed by atoms with Crippen LogP contribution in [0.4, 0.5) is 5.82 Å². The Hall–Kier alpha value is -2.62. The van der Waals surface area contributed by atoms with Crippen molar-refractivity contribution in [3.8, 4) is 0 Å². The lowest BCUT2D eigenvalue weighted by Gasteiger charge is -2.15. The summed E-state index contributed by atoms with van der Waals surface area (Å²) in [6.45, 7) is 4.09. The van der Waals surface area contributed by atoms with Crippen molar-refractivity contribution in [2.24, 2.45) is 0 Å². The van der Waals surface area contributed by atoms with Gasteiger partial charge < -0.3 is 10.3 Å². The minimum absolute atomic E-state index is 0.0699. The molecule has 0 spiro atoms. The van der Waals surface area contributed by atoms with E-state index >= 15 is 0 Å². The minimum atomic E-state index is -0.323. The highest BCUT2D eigenvalue weighted by Crippen LogP contribution is 2.14. The average molecular weight is 293 g/mol. The maximum Gasteiger partial charge on any atom is 0.347 e. The summed E-state index contributed by atoms with van der Waals surface area (Å²) in [7, 11) is 0. The number of allylic oxidation sites excluding steroid dienone is 2. The van der Waals surface area contributed by atoms with Gasteiger partial charge in [0.05, 0.1) is 5.35 Å². The van der Waals surface area contributed by atoms with Crippen LogP contribution in [0.25, 0.3) is 11.6 Å². The second-order valence-electron chi connectivity index (χ2n) is 5.54. The number of H-pyrrole nitrogens is 1. The Morgan fingerprint density at radius 3 is 2.82 bits per heavy atom. The summed E-state index contributed by atoms with van der Waals surface area (Å²) in [6, 6.07) is 10.2. The Labute approximate surface area is 128 Å². The van der Waals surface area contributed by atoms with Crippen molar-refractivity contribution < 1.29 is 0 Å². The first-order valence-corrected chi connectivity index (χ1v) is 7.43. The van der Waals surface area contributed by atoms with E-state index in [-0.39, 0.29) is 11.7 Å². The Morgan fingerprint density at radius 1 is 1.27 bits per heavy atom. The molecule has 0 radical (unpaired) electrons. The Balaban J connectivity index is 2.09. The third-order valence-electron chi connectivity index (χ3n) is 3.87. The van der Waals surface area contributed by atoms with Gasteiger partial charge in [0.1, 0.15) is 5.82 Å². The van der Waals surface area contributed by atoms with Gasteiger partial charge in [-0.1, -0.05) is 42.5 Å². The number of nitrogens with one attached hydrogen (secondary N) is 2. The van der Waals surface area contributed by atoms with Gasteiger partial charge in [0.25, 0.3) is 0 Å². The van der Waals surface area contributed by atoms with Crippen molar-refractivity contribution in [1.82, 2.24) is 9.97 Å². The fourth-order valence-electron chi connectivity index (χ4n) is 2.63. The van der Waals surface area contributed by atoms with E-state index in [9.17, 15) is 4.79 Å². The van der Waals surface area contributed by atoms with Gasteiger partial charge in [-0.15, -0.1) is 0 Å². The van der Waals surface area contributed by atoms with Gasteiger partial charge in [-0.3, -0.25) is 0 Å². The molecule has 3 rings (SSSR count). The molecule has 2 aromatic rings. The molecule has 4 heteroatoms. The molecule has 1 aromatic heterocycles. The largest absolute Gasteiger partial charge is 0.363 e. The first-order chi connectivity index (χ1) is 10.6. The SMILES string of the molecule is CC1=c2[nH]c(=O)nc(NC(C)c3ccccc3)c2=CC=CC1. The topological polar surface area (TPSA) is 57.8 Å². The normalized spacial score (nSPS) is 14.7. The molecule has 112 valence electrons. The first kappa shape index (κ1) is 14.3. The van der Waals surface area contributed by atoms with Gasteiger partial charge in [-0.2, -0.15) is 4.98 Å². The van der Waals surface area contributed by atoms with E-state index in [0.717, 1.165) is 28.1 Å². The first-order valence-electron chi connectivity index (χ1n) is 7.43. The van der Waals surface area contributed by atoms with E-state index in [1.807, 2.05) is 37.3 Å². The number of benzene rings is 1. The second-order valence-corrected chi connectivity index (χ2v) is 5.54. The molecule has 1 aliphatic rings. The summed E-state index contributed by atoms with van der Waals surface area (Å²) >= 11 is 0. The van der Waals surface area contributed by atoms with Gasteiger partial charge in [0.2, 0.25) is 0 Å². The molecular formula is C18H19N3O. The Kier molecular flexibility index (Phi) is 3.92. The summed E-state index contributed by atoms with van der Waals surface area (Å²) in [4.78, 5) is 18.9. The maximum atomic E-state index is 11.9. The smallest absolute Gasteiger partial charge is 0.347 e. The van der Waals surface area contributed by atoms with Gasteiger partial charge in [0, 0.05) is 11.3 Å². The summed E-state index contributed by atoms with van der Waals surface area (Å²) in [5.74, 6) is 0.626. The average Bonchev–Trinajstić information content (AvgIpc) is 2.70. The van der Waals surface area contributed by atoms with E-state index in [4.69, 9.17) is 0 Å². The number of nitrogens with zero attached hydrogens (tertiary/aromatic N) is 1. The molecule has 0 fully saturated rings. The van der Waals surface area contributed by atoms with E-state index in [0.29, 0.717) is 5.82 Å². The molecule has 22 heavy (non-hydrogen) atoms. The molecule has 1 atom stereocenters. The van der Waals surface area contributed by atoms with Crippen molar-refractivity contribution >= 4 is 17.5 Å². The maximum absolute atomic E-state index is 11.9. The molecule has 0 saturated heterocycles. The van der Waals surface area contributed by atoms with Crippen molar-refractivity contribution in [2.45, 2.75) is 26.3 Å². The molecule has 0 amide bonds. The second kappa shape index (κ2) is 6.02. The van der Waals surface area contributed by atoms with Gasteiger partial charge in [-0.25, -0.2) is 4.79 Å². The van der Waals surface area contributed by atoms with Crippen LogP contribution in [0.1, 0.15) is 31.9 Å². The molecule has 1 aromatic carbocycles. The number of hydrogen-bond donors (Lipinski definition) is 2. The molecule has 0 bridgehead atoms. The predicted octanol–water partition coefficient (Wildman–Crippen LogP) is 1.85. The van der Waals surface area contributed by atoms with Gasteiger partial charge >= 0.3 is 5.69 Å². The summed E-state index contributed by atoms with van der Waals surface area (Å²) in [6.07, 6.45) is 6.91. The lowest BCUT2D eigenvalue weighted by molar-refractivity contribution is 0.860. The number of rotatable bonds is 3. The van der Waals surface area contributed by atoms with Crippen molar-refractivity contribution in [2.75, 3.05) is 5.32 Å². The molecular weight excluding hydrogens is 274 g/mol. The lowest BCUT2D eigenvalue weighted by atomic mass is 10.1. The number of fused-ring (bicyclic) bond motifs is 1. The van der Waals surface area contributed by atoms with Gasteiger partial charge in [-0.05, 0) is 37.5 Å². The highest BCUT2D eigenvalue weighted by atomic mass is 16.1. The molecule has 0 aliphatic heterocycles. The van der Waals surface area contributed by atoms with Crippen LogP contribution >= 0.6 is 0 Å². The number of hydrogen-bond acceptors (Lipinski definition) is 3. The highest BCUT2D eigenvalue weighted by molar-refractivity contribution is 5.56. The van der Waals surface area contributed by atoms with Crippen LogP contribution in [-0.4, -0.2) is 9.97 Å². The van der Waals surface area contributed by atoms with E-state index in [1.54, 1.807) is 0 Å². The van der Waals surface area contributed by atoms with E-state index in [2.05, 4.69) is 40.4 Å². The molecule has 4 nitrogen and oxygen atoms in total. The van der Waals surface area contributed by atoms with Crippen LogP contribution in [0, 0.1) is 0 Å². The third kappa shape index (κ3) is 2.86. The van der Waals surface area contributed by atoms with Crippen molar-refractivity contribution in [3.63, 3.8) is 0 Å². The monoisotopic (exact) mass is 293 g/mol. The quantitative estimate of drug-likeness (QED) is 0.908. The van der Waals surface area contributed by atoms with Gasteiger partial charge in [0.15, 0.2) is 0 Å². The van der Waals surface area contributed by atoms with Crippen LogP contribution in [-0.2, 0) is 0 Å². The summed E-state index contributed by atoms with van der Waals surface area (Å²) in [5.41, 5.74) is 1.97. The summed E-state index contributed by atoms with van der Waals surface area (Å²) in [5, 5.41) is 5.17. The fourth-order valence-corrected chi connectivity index (χ4v) is 2.63. The standard InChI is InChI=1S/C18H19N3O/c1-12-8-6-7-11-15-16(12)20-18(22)21-17(15)19-13(2)14-9-4-3-5-10-14/h3-7,9-11,13H,8H2,1-2H3,(H2,19,20,21,22). The zero-order valence-corrected chi connectivity index (χ0v) is 12.8. The molecule has 0 saturated carbocycles. The van der Waals surface area contributed by atoms with Crippen LogP contribution in [0.15, 0.2) is 47.3 Å². The number of aromatic amines is 1. The van der Waals surface area contributed by atoms with Crippen LogP contribution in [0.5, 0.6) is 0 Å². The van der Waals surface area contributed by atoms with Crippen LogP contribution < -0.4 is 21.6 Å². The Bertz CT molecular complexity index is 879. The molecule has 1 unspecified atom stereocenters. The Morgan fingerprint density at radius 2 is 2.05 bits per heavy atom. The zero-order chi connectivity index (χ0) is 15.5. The predicted molar refractivity (Wildman–Crippen MR) is 89.9 cm³/mol. The van der Waals surface area contributed by atoms with E-state index < -0.39 is 0 Å². The van der Waals surface area contributed by atoms with Crippen molar-refractivity contribution in [1.29, 1.82) is 0 Å². The lowest BCUT2D eigenvalue weighted by Crippen LogP contribution is -2.40. The fraction of sp³-hybridized carbons (Fsp3) is 0.222.